The maximum Gasteiger partial charge on any atom is 0.320 e. The summed E-state index contributed by atoms with van der Waals surface area (Å²) in [6.45, 7) is 5.58. The van der Waals surface area contributed by atoms with Crippen molar-refractivity contribution < 1.29 is 19.4 Å². The average Bonchev–Trinajstić information content (AvgIpc) is 2.86. The highest BCUT2D eigenvalue weighted by Gasteiger charge is 2.36. The van der Waals surface area contributed by atoms with E-state index in [2.05, 4.69) is 4.90 Å². The number of hydrogen-bond donors (Lipinski definition) is 1. The molecule has 1 aliphatic heterocycles. The number of rotatable bonds is 9. The van der Waals surface area contributed by atoms with E-state index in [1.807, 2.05) is 80.7 Å². The first-order valence-electron chi connectivity index (χ1n) is 11.9. The fourth-order valence-corrected chi connectivity index (χ4v) is 4.52. The number of aromatic nitrogens is 1. The molecule has 34 heavy (non-hydrogen) atoms. The lowest BCUT2D eigenvalue weighted by Gasteiger charge is -2.39. The second-order valence-corrected chi connectivity index (χ2v) is 8.66. The van der Waals surface area contributed by atoms with Gasteiger partial charge in [-0.05, 0) is 68.1 Å². The lowest BCUT2D eigenvalue weighted by molar-refractivity contribution is -0.145. The van der Waals surface area contributed by atoms with E-state index in [4.69, 9.17) is 14.5 Å². The Bertz CT molecular complexity index is 1090. The van der Waals surface area contributed by atoms with E-state index < -0.39 is 12.0 Å². The highest BCUT2D eigenvalue weighted by atomic mass is 16.5. The summed E-state index contributed by atoms with van der Waals surface area (Å²) in [6, 6.07) is 19.1. The number of nitrogens with zero attached hydrogens (tertiary/aromatic N) is 2. The van der Waals surface area contributed by atoms with Crippen LogP contribution in [0, 0.1) is 6.92 Å². The van der Waals surface area contributed by atoms with Gasteiger partial charge in [0, 0.05) is 6.20 Å². The van der Waals surface area contributed by atoms with E-state index in [1.54, 1.807) is 0 Å². The number of carboxylic acid groups (broad SMARTS) is 1. The number of pyridine rings is 1. The fourth-order valence-electron chi connectivity index (χ4n) is 4.52. The predicted octanol–water partition coefficient (Wildman–Crippen LogP) is 5.40. The molecule has 1 aromatic heterocycles. The molecule has 4 rings (SSSR count). The smallest absolute Gasteiger partial charge is 0.320 e. The molecule has 1 fully saturated rings. The topological polar surface area (TPSA) is 71.9 Å². The third-order valence-electron chi connectivity index (χ3n) is 6.20. The van der Waals surface area contributed by atoms with Crippen LogP contribution in [-0.4, -0.2) is 40.2 Å². The summed E-state index contributed by atoms with van der Waals surface area (Å²) in [4.78, 5) is 18.9. The van der Waals surface area contributed by atoms with E-state index >= 15 is 0 Å². The van der Waals surface area contributed by atoms with Crippen LogP contribution in [0.15, 0.2) is 66.9 Å². The standard InChI is InChI=1S/C28H32N2O4/c1-3-33-26-17-22(13-15-25(26)34-19-21-9-5-4-6-10-21)27(23-14-12-20(2)18-29-23)30-16-8-7-11-24(30)28(31)32/h4-6,9-10,12-15,17-18,24,27H,3,7-8,11,16,19H2,1-2H3,(H,31,32). The molecule has 0 radical (unpaired) electrons. The molecular weight excluding hydrogens is 428 g/mol. The minimum absolute atomic E-state index is 0.288. The van der Waals surface area contributed by atoms with Gasteiger partial charge in [-0.1, -0.05) is 48.9 Å². The third kappa shape index (κ3) is 5.57. The molecule has 1 N–H and O–H groups in total. The predicted molar refractivity (Wildman–Crippen MR) is 131 cm³/mol. The maximum absolute atomic E-state index is 12.1. The molecule has 1 saturated heterocycles. The van der Waals surface area contributed by atoms with Crippen LogP contribution in [0.4, 0.5) is 0 Å². The number of ether oxygens (including phenoxy) is 2. The summed E-state index contributed by atoms with van der Waals surface area (Å²) < 4.78 is 12.0. The van der Waals surface area contributed by atoms with Crippen LogP contribution in [0.3, 0.4) is 0 Å². The maximum atomic E-state index is 12.1. The summed E-state index contributed by atoms with van der Waals surface area (Å²) in [7, 11) is 0. The van der Waals surface area contributed by atoms with E-state index in [1.165, 1.54) is 0 Å². The van der Waals surface area contributed by atoms with Crippen molar-refractivity contribution in [3.63, 3.8) is 0 Å². The summed E-state index contributed by atoms with van der Waals surface area (Å²) in [5, 5.41) is 9.95. The highest BCUT2D eigenvalue weighted by molar-refractivity contribution is 5.73. The van der Waals surface area contributed by atoms with Crippen molar-refractivity contribution in [2.24, 2.45) is 0 Å². The molecule has 2 heterocycles. The van der Waals surface area contributed by atoms with Gasteiger partial charge in [0.1, 0.15) is 12.6 Å². The molecule has 0 spiro atoms. The quantitative estimate of drug-likeness (QED) is 0.461. The van der Waals surface area contributed by atoms with Gasteiger partial charge in [0.2, 0.25) is 0 Å². The van der Waals surface area contributed by atoms with Crippen LogP contribution in [0.25, 0.3) is 0 Å². The second kappa shape index (κ2) is 11.2. The summed E-state index contributed by atoms with van der Waals surface area (Å²) in [5.41, 5.74) is 3.92. The van der Waals surface area contributed by atoms with Gasteiger partial charge in [-0.15, -0.1) is 0 Å². The minimum Gasteiger partial charge on any atom is -0.490 e. The Morgan fingerprint density at radius 2 is 1.91 bits per heavy atom. The van der Waals surface area contributed by atoms with Gasteiger partial charge in [0.05, 0.1) is 18.3 Å². The molecule has 6 heteroatoms. The van der Waals surface area contributed by atoms with Gasteiger partial charge in [0.15, 0.2) is 11.5 Å². The molecule has 1 aliphatic rings. The first-order chi connectivity index (χ1) is 16.6. The van der Waals surface area contributed by atoms with E-state index in [0.29, 0.717) is 37.7 Å². The van der Waals surface area contributed by atoms with Crippen molar-refractivity contribution in [3.05, 3.63) is 89.2 Å². The number of likely N-dealkylation sites (tertiary alicyclic amines) is 1. The Balaban J connectivity index is 1.70. The molecule has 6 nitrogen and oxygen atoms in total. The Morgan fingerprint density at radius 1 is 1.09 bits per heavy atom. The van der Waals surface area contributed by atoms with Gasteiger partial charge in [-0.2, -0.15) is 0 Å². The van der Waals surface area contributed by atoms with E-state index in [9.17, 15) is 9.90 Å². The zero-order chi connectivity index (χ0) is 23.9. The van der Waals surface area contributed by atoms with Gasteiger partial charge in [-0.25, -0.2) is 0 Å². The molecule has 178 valence electrons. The van der Waals surface area contributed by atoms with Crippen molar-refractivity contribution in [1.29, 1.82) is 0 Å². The normalized spacial score (nSPS) is 17.2. The lowest BCUT2D eigenvalue weighted by Crippen LogP contribution is -2.47. The Kier molecular flexibility index (Phi) is 7.80. The van der Waals surface area contributed by atoms with Crippen LogP contribution >= 0.6 is 0 Å². The number of benzene rings is 2. The van der Waals surface area contributed by atoms with Crippen LogP contribution in [0.2, 0.25) is 0 Å². The van der Waals surface area contributed by atoms with Crippen molar-refractivity contribution in [1.82, 2.24) is 9.88 Å². The van der Waals surface area contributed by atoms with Gasteiger partial charge in [0.25, 0.3) is 0 Å². The number of aryl methyl sites for hydroxylation is 1. The minimum atomic E-state index is -0.787. The molecule has 0 aliphatic carbocycles. The zero-order valence-electron chi connectivity index (χ0n) is 19.8. The number of aliphatic carboxylic acids is 1. The van der Waals surface area contributed by atoms with Crippen LogP contribution in [0.1, 0.15) is 54.6 Å². The second-order valence-electron chi connectivity index (χ2n) is 8.66. The third-order valence-corrected chi connectivity index (χ3v) is 6.20. The SMILES string of the molecule is CCOc1cc(C(c2ccc(C)cn2)N2CCCCC2C(=O)O)ccc1OCc1ccccc1. The van der Waals surface area contributed by atoms with Crippen molar-refractivity contribution in [3.8, 4) is 11.5 Å². The monoisotopic (exact) mass is 460 g/mol. The van der Waals surface area contributed by atoms with Crippen molar-refractivity contribution >= 4 is 5.97 Å². The Morgan fingerprint density at radius 3 is 2.62 bits per heavy atom. The number of piperidine rings is 1. The molecule has 0 amide bonds. The number of hydrogen-bond acceptors (Lipinski definition) is 5. The zero-order valence-corrected chi connectivity index (χ0v) is 19.8. The average molecular weight is 461 g/mol. The van der Waals surface area contributed by atoms with Crippen LogP contribution in [-0.2, 0) is 11.4 Å². The Hall–Kier alpha value is -3.38. The lowest BCUT2D eigenvalue weighted by atomic mass is 9.93. The highest BCUT2D eigenvalue weighted by Crippen LogP contribution is 2.38. The van der Waals surface area contributed by atoms with E-state index in [0.717, 1.165) is 35.2 Å². The number of carbonyl (C=O) groups is 1. The molecular formula is C28H32N2O4. The molecule has 2 aromatic carbocycles. The van der Waals surface area contributed by atoms with Crippen molar-refractivity contribution in [2.45, 2.75) is 51.8 Å². The van der Waals surface area contributed by atoms with Gasteiger partial charge in [-0.3, -0.25) is 14.7 Å². The molecule has 0 saturated carbocycles. The molecule has 0 bridgehead atoms. The van der Waals surface area contributed by atoms with Gasteiger partial charge < -0.3 is 14.6 Å². The largest absolute Gasteiger partial charge is 0.490 e. The molecule has 2 unspecified atom stereocenters. The van der Waals surface area contributed by atoms with Crippen molar-refractivity contribution in [2.75, 3.05) is 13.2 Å². The Labute approximate surface area is 201 Å². The van der Waals surface area contributed by atoms with E-state index in [-0.39, 0.29) is 6.04 Å². The summed E-state index contributed by atoms with van der Waals surface area (Å²) >= 11 is 0. The molecule has 2 atom stereocenters. The van der Waals surface area contributed by atoms with Crippen LogP contribution in [0.5, 0.6) is 11.5 Å². The fraction of sp³-hybridized carbons (Fsp3) is 0.357. The number of carboxylic acids is 1. The first-order valence-corrected chi connectivity index (χ1v) is 11.9. The summed E-state index contributed by atoms with van der Waals surface area (Å²) in [5.74, 6) is 0.528. The molecule has 3 aromatic rings. The van der Waals surface area contributed by atoms with Gasteiger partial charge >= 0.3 is 5.97 Å². The van der Waals surface area contributed by atoms with Crippen LogP contribution < -0.4 is 9.47 Å². The summed E-state index contributed by atoms with van der Waals surface area (Å²) in [6.07, 6.45) is 4.35. The first kappa shape index (κ1) is 23.8.